The number of halogens is 2. The number of aliphatic hydroxyl groups excluding tert-OH is 1. The first-order chi connectivity index (χ1) is 13.0. The quantitative estimate of drug-likeness (QED) is 0.816. The van der Waals surface area contributed by atoms with E-state index in [0.29, 0.717) is 17.9 Å². The number of nitrogens with one attached hydrogen (secondary N) is 1. The Kier molecular flexibility index (Phi) is 5.57. The maximum atomic E-state index is 12.6. The number of hydrogen-bond acceptors (Lipinski definition) is 6. The van der Waals surface area contributed by atoms with E-state index in [4.69, 9.17) is 5.26 Å². The Hall–Kier alpha value is -3.12. The highest BCUT2D eigenvalue weighted by molar-refractivity contribution is 5.79. The van der Waals surface area contributed by atoms with E-state index in [-0.39, 0.29) is 30.1 Å². The molecule has 2 N–H and O–H groups in total. The number of aromatic nitrogens is 2. The van der Waals surface area contributed by atoms with Crippen molar-refractivity contribution < 1.29 is 18.7 Å². The van der Waals surface area contributed by atoms with Crippen molar-refractivity contribution in [2.24, 2.45) is 0 Å². The normalized spacial score (nSPS) is 19.1. The fraction of sp³-hybridized carbons (Fsp3) is 0.333. The Morgan fingerprint density at radius 2 is 2.00 bits per heavy atom. The highest BCUT2D eigenvalue weighted by atomic mass is 19.3. The molecule has 0 radical (unpaired) electrons. The van der Waals surface area contributed by atoms with Gasteiger partial charge in [-0.15, -0.1) is 10.2 Å². The minimum Gasteiger partial charge on any atom is -0.389 e. The summed E-state index contributed by atoms with van der Waals surface area (Å²) in [7, 11) is 0. The smallest absolute Gasteiger partial charge is 0.263 e. The number of β-amino-alcohol motifs (C(OH)–C–C–N with tert-alkyl or cyclic N) is 1. The van der Waals surface area contributed by atoms with Gasteiger partial charge in [0.2, 0.25) is 5.91 Å². The van der Waals surface area contributed by atoms with Gasteiger partial charge in [0.25, 0.3) is 6.43 Å². The molecule has 2 atom stereocenters. The van der Waals surface area contributed by atoms with Gasteiger partial charge >= 0.3 is 0 Å². The van der Waals surface area contributed by atoms with Crippen molar-refractivity contribution in [3.63, 3.8) is 0 Å². The zero-order chi connectivity index (χ0) is 19.4. The van der Waals surface area contributed by atoms with Crippen molar-refractivity contribution in [3.8, 4) is 6.07 Å². The van der Waals surface area contributed by atoms with E-state index in [9.17, 15) is 18.7 Å². The fourth-order valence-electron chi connectivity index (χ4n) is 2.89. The molecule has 0 bridgehead atoms. The third kappa shape index (κ3) is 4.54. The predicted molar refractivity (Wildman–Crippen MR) is 92.0 cm³/mol. The SMILES string of the molecule is N#Cc1ccc(N2CC(NC(=O)Cc3ccc(C(F)F)cc3)[C@@H](O)C2)nn1. The van der Waals surface area contributed by atoms with E-state index in [1.807, 2.05) is 6.07 Å². The van der Waals surface area contributed by atoms with Crippen molar-refractivity contribution in [3.05, 3.63) is 53.2 Å². The summed E-state index contributed by atoms with van der Waals surface area (Å²) in [6, 6.07) is 10.1. The van der Waals surface area contributed by atoms with Gasteiger partial charge in [0.1, 0.15) is 6.07 Å². The summed E-state index contributed by atoms with van der Waals surface area (Å²) in [5.74, 6) is 0.198. The fourth-order valence-corrected chi connectivity index (χ4v) is 2.89. The number of nitrogens with zero attached hydrogens (tertiary/aromatic N) is 4. The van der Waals surface area contributed by atoms with Crippen LogP contribution in [0.5, 0.6) is 0 Å². The second-order valence-electron chi connectivity index (χ2n) is 6.25. The summed E-state index contributed by atoms with van der Waals surface area (Å²) in [6.07, 6.45) is -3.30. The number of benzene rings is 1. The van der Waals surface area contributed by atoms with Gasteiger partial charge in [0, 0.05) is 18.7 Å². The highest BCUT2D eigenvalue weighted by Crippen LogP contribution is 2.20. The molecule has 9 heteroatoms. The summed E-state index contributed by atoms with van der Waals surface area (Å²) in [6.45, 7) is 0.617. The van der Waals surface area contributed by atoms with E-state index in [0.717, 1.165) is 0 Å². The molecule has 1 aliphatic heterocycles. The summed E-state index contributed by atoms with van der Waals surface area (Å²) in [5.41, 5.74) is 0.713. The van der Waals surface area contributed by atoms with Gasteiger partial charge in [-0.3, -0.25) is 4.79 Å². The minimum absolute atomic E-state index is 0.0312. The molecule has 1 amide bonds. The predicted octanol–water partition coefficient (Wildman–Crippen LogP) is 1.19. The first-order valence-corrected chi connectivity index (χ1v) is 8.29. The van der Waals surface area contributed by atoms with Gasteiger partial charge in [0.05, 0.1) is 18.6 Å². The van der Waals surface area contributed by atoms with Crippen molar-refractivity contribution in [2.75, 3.05) is 18.0 Å². The van der Waals surface area contributed by atoms with Crippen LogP contribution in [0.25, 0.3) is 0 Å². The van der Waals surface area contributed by atoms with Crippen molar-refractivity contribution in [2.45, 2.75) is 25.0 Å². The lowest BCUT2D eigenvalue weighted by Gasteiger charge is -2.17. The average Bonchev–Trinajstić information content (AvgIpc) is 3.02. The summed E-state index contributed by atoms with van der Waals surface area (Å²) in [4.78, 5) is 14.0. The van der Waals surface area contributed by atoms with Crippen LogP contribution in [0.3, 0.4) is 0 Å². The highest BCUT2D eigenvalue weighted by Gasteiger charge is 2.33. The molecular weight excluding hydrogens is 356 g/mol. The van der Waals surface area contributed by atoms with Crippen molar-refractivity contribution >= 4 is 11.7 Å². The van der Waals surface area contributed by atoms with Crippen LogP contribution in [0.4, 0.5) is 14.6 Å². The summed E-state index contributed by atoms with van der Waals surface area (Å²) in [5, 5.41) is 29.4. The first-order valence-electron chi connectivity index (χ1n) is 8.29. The topological polar surface area (TPSA) is 102 Å². The number of carbonyl (C=O) groups excluding carboxylic acids is 1. The molecule has 0 saturated carbocycles. The lowest BCUT2D eigenvalue weighted by Crippen LogP contribution is -2.43. The molecule has 0 spiro atoms. The lowest BCUT2D eigenvalue weighted by atomic mass is 10.1. The molecule has 1 aromatic carbocycles. The molecule has 2 heterocycles. The van der Waals surface area contributed by atoms with Crippen LogP contribution in [0.2, 0.25) is 0 Å². The second-order valence-corrected chi connectivity index (χ2v) is 6.25. The monoisotopic (exact) mass is 373 g/mol. The third-order valence-electron chi connectivity index (χ3n) is 4.32. The molecular formula is C18H17F2N5O2. The zero-order valence-corrected chi connectivity index (χ0v) is 14.2. The molecule has 140 valence electrons. The minimum atomic E-state index is -2.54. The van der Waals surface area contributed by atoms with E-state index < -0.39 is 18.6 Å². The Morgan fingerprint density at radius 3 is 2.59 bits per heavy atom. The Morgan fingerprint density at radius 1 is 1.26 bits per heavy atom. The summed E-state index contributed by atoms with van der Waals surface area (Å²) < 4.78 is 25.1. The average molecular weight is 373 g/mol. The second kappa shape index (κ2) is 8.05. The molecule has 1 fully saturated rings. The number of alkyl halides is 2. The summed E-state index contributed by atoms with van der Waals surface area (Å²) >= 11 is 0. The van der Waals surface area contributed by atoms with Crippen LogP contribution >= 0.6 is 0 Å². The molecule has 1 unspecified atom stereocenters. The number of amides is 1. The van der Waals surface area contributed by atoms with E-state index in [1.54, 1.807) is 11.0 Å². The molecule has 0 aliphatic carbocycles. The first kappa shape index (κ1) is 18.7. The van der Waals surface area contributed by atoms with E-state index in [2.05, 4.69) is 15.5 Å². The maximum absolute atomic E-state index is 12.6. The standard InChI is InChI=1S/C18H17F2N5O2/c19-18(20)12-3-1-11(2-4-12)7-17(27)22-14-9-25(10-15(14)26)16-6-5-13(8-21)23-24-16/h1-6,14-15,18,26H,7,9-10H2,(H,22,27)/t14?,15-/m0/s1. The van der Waals surface area contributed by atoms with Gasteiger partial charge < -0.3 is 15.3 Å². The van der Waals surface area contributed by atoms with Crippen LogP contribution in [-0.2, 0) is 11.2 Å². The zero-order valence-electron chi connectivity index (χ0n) is 14.2. The van der Waals surface area contributed by atoms with Crippen molar-refractivity contribution in [1.82, 2.24) is 15.5 Å². The van der Waals surface area contributed by atoms with Gasteiger partial charge in [-0.25, -0.2) is 8.78 Å². The van der Waals surface area contributed by atoms with Crippen LogP contribution in [0.15, 0.2) is 36.4 Å². The van der Waals surface area contributed by atoms with Crippen LogP contribution < -0.4 is 10.2 Å². The number of anilines is 1. The van der Waals surface area contributed by atoms with E-state index in [1.165, 1.54) is 30.3 Å². The van der Waals surface area contributed by atoms with Gasteiger partial charge in [-0.2, -0.15) is 5.26 Å². The molecule has 1 aromatic heterocycles. The number of nitriles is 1. The van der Waals surface area contributed by atoms with Gasteiger partial charge in [-0.05, 0) is 17.7 Å². The van der Waals surface area contributed by atoms with Crippen LogP contribution in [0.1, 0.15) is 23.2 Å². The van der Waals surface area contributed by atoms with Crippen LogP contribution in [-0.4, -0.2) is 46.4 Å². The number of aliphatic hydroxyl groups is 1. The Bertz CT molecular complexity index is 836. The molecule has 27 heavy (non-hydrogen) atoms. The number of hydrogen-bond donors (Lipinski definition) is 2. The third-order valence-corrected chi connectivity index (χ3v) is 4.32. The molecule has 1 saturated heterocycles. The lowest BCUT2D eigenvalue weighted by molar-refractivity contribution is -0.121. The molecule has 2 aromatic rings. The van der Waals surface area contributed by atoms with Crippen molar-refractivity contribution in [1.29, 1.82) is 5.26 Å². The van der Waals surface area contributed by atoms with Crippen LogP contribution in [0, 0.1) is 11.3 Å². The van der Waals surface area contributed by atoms with E-state index >= 15 is 0 Å². The Balaban J connectivity index is 1.56. The van der Waals surface area contributed by atoms with Gasteiger partial charge in [0.15, 0.2) is 11.5 Å². The molecule has 3 rings (SSSR count). The largest absolute Gasteiger partial charge is 0.389 e. The maximum Gasteiger partial charge on any atom is 0.263 e. The number of carbonyl (C=O) groups is 1. The molecule has 1 aliphatic rings. The number of rotatable bonds is 5. The van der Waals surface area contributed by atoms with Gasteiger partial charge in [-0.1, -0.05) is 24.3 Å². The Labute approximate surface area is 154 Å². The molecule has 7 nitrogen and oxygen atoms in total.